The minimum Gasteiger partial charge on any atom is -0.361 e. The van der Waals surface area contributed by atoms with E-state index >= 15 is 0 Å². The van der Waals surface area contributed by atoms with E-state index in [9.17, 15) is 9.59 Å². The van der Waals surface area contributed by atoms with Crippen molar-refractivity contribution in [3.8, 4) is 0 Å². The molecule has 0 unspecified atom stereocenters. The number of carbonyl (C=O) groups is 2. The topological polar surface area (TPSA) is 75.4 Å². The van der Waals surface area contributed by atoms with Crippen molar-refractivity contribution in [2.75, 3.05) is 11.9 Å². The molecule has 1 aliphatic heterocycles. The molecule has 0 radical (unpaired) electrons. The van der Waals surface area contributed by atoms with E-state index in [4.69, 9.17) is 4.52 Å². The largest absolute Gasteiger partial charge is 0.361 e. The summed E-state index contributed by atoms with van der Waals surface area (Å²) in [6, 6.07) is 7.55. The Hall–Kier alpha value is -2.63. The molecule has 2 amide bonds. The van der Waals surface area contributed by atoms with Crippen LogP contribution in [0.2, 0.25) is 0 Å². The van der Waals surface area contributed by atoms with Crippen molar-refractivity contribution in [1.29, 1.82) is 0 Å². The van der Waals surface area contributed by atoms with Gasteiger partial charge in [-0.1, -0.05) is 11.2 Å². The Balaban J connectivity index is 1.16. The quantitative estimate of drug-likeness (QED) is 0.740. The Kier molecular flexibility index (Phi) is 4.67. The fraction of sp³-hybridized carbons (Fsp3) is 0.577. The molecule has 6 nitrogen and oxygen atoms in total. The van der Waals surface area contributed by atoms with Crippen molar-refractivity contribution in [2.45, 2.75) is 64.8 Å². The van der Waals surface area contributed by atoms with Gasteiger partial charge in [0, 0.05) is 30.3 Å². The summed E-state index contributed by atoms with van der Waals surface area (Å²) in [5, 5.41) is 7.22. The molecule has 2 heterocycles. The highest BCUT2D eigenvalue weighted by molar-refractivity contribution is 6.00. The van der Waals surface area contributed by atoms with Gasteiger partial charge in [-0.25, -0.2) is 0 Å². The van der Waals surface area contributed by atoms with Gasteiger partial charge in [-0.3, -0.25) is 9.59 Å². The Bertz CT molecular complexity index is 1040. The van der Waals surface area contributed by atoms with Crippen molar-refractivity contribution in [2.24, 2.45) is 23.2 Å². The van der Waals surface area contributed by atoms with E-state index in [1.807, 2.05) is 31.2 Å². The summed E-state index contributed by atoms with van der Waals surface area (Å²) in [7, 11) is 0. The SMILES string of the molecule is Cc1cc(CN2CCc3c(NC(=O)CC45CC6CC(CC(C6)C4)C5)cccc3C2=O)no1. The van der Waals surface area contributed by atoms with Gasteiger partial charge in [0.15, 0.2) is 0 Å². The molecular formula is C26H31N3O3. The summed E-state index contributed by atoms with van der Waals surface area (Å²) in [5.74, 6) is 3.38. The first-order valence-corrected chi connectivity index (χ1v) is 12.1. The summed E-state index contributed by atoms with van der Waals surface area (Å²) in [5.41, 5.74) is 3.44. The minimum absolute atomic E-state index is 0.0101. The number of benzene rings is 1. The maximum absolute atomic E-state index is 13.1. The first-order chi connectivity index (χ1) is 15.5. The van der Waals surface area contributed by atoms with E-state index in [0.717, 1.165) is 46.9 Å². The summed E-state index contributed by atoms with van der Waals surface area (Å²) in [6.45, 7) is 2.90. The number of aryl methyl sites for hydroxylation is 1. The fourth-order valence-electron chi connectivity index (χ4n) is 7.57. The highest BCUT2D eigenvalue weighted by Crippen LogP contribution is 2.61. The van der Waals surface area contributed by atoms with E-state index in [1.165, 1.54) is 38.5 Å². The first-order valence-electron chi connectivity index (χ1n) is 12.1. The highest BCUT2D eigenvalue weighted by Gasteiger charge is 2.51. The summed E-state index contributed by atoms with van der Waals surface area (Å²) >= 11 is 0. The van der Waals surface area contributed by atoms with Crippen molar-refractivity contribution in [3.05, 3.63) is 46.8 Å². The molecule has 1 N–H and O–H groups in total. The lowest BCUT2D eigenvalue weighted by Crippen LogP contribution is -2.47. The molecule has 6 heteroatoms. The number of nitrogens with zero attached hydrogens (tertiary/aromatic N) is 2. The summed E-state index contributed by atoms with van der Waals surface area (Å²) in [6.07, 6.45) is 9.22. The van der Waals surface area contributed by atoms with Gasteiger partial charge in [0.1, 0.15) is 11.5 Å². The monoisotopic (exact) mass is 433 g/mol. The van der Waals surface area contributed by atoms with Crippen molar-refractivity contribution in [3.63, 3.8) is 0 Å². The lowest BCUT2D eigenvalue weighted by atomic mass is 9.49. The Morgan fingerprint density at radius 1 is 1.19 bits per heavy atom. The van der Waals surface area contributed by atoms with Crippen molar-refractivity contribution < 1.29 is 14.1 Å². The average Bonchev–Trinajstić information content (AvgIpc) is 3.14. The third kappa shape index (κ3) is 3.54. The third-order valence-corrected chi connectivity index (χ3v) is 8.33. The molecule has 4 aliphatic carbocycles. The molecule has 4 saturated carbocycles. The van der Waals surface area contributed by atoms with Crippen LogP contribution in [0, 0.1) is 30.1 Å². The van der Waals surface area contributed by atoms with Gasteiger partial charge in [-0.05, 0) is 92.7 Å². The predicted molar refractivity (Wildman–Crippen MR) is 120 cm³/mol. The molecular weight excluding hydrogens is 402 g/mol. The smallest absolute Gasteiger partial charge is 0.254 e. The minimum atomic E-state index is -0.0101. The maximum atomic E-state index is 13.1. The van der Waals surface area contributed by atoms with E-state index in [1.54, 1.807) is 4.90 Å². The van der Waals surface area contributed by atoms with Gasteiger partial charge >= 0.3 is 0 Å². The molecule has 7 rings (SSSR count). The number of carbonyl (C=O) groups excluding carboxylic acids is 2. The summed E-state index contributed by atoms with van der Waals surface area (Å²) < 4.78 is 5.14. The summed E-state index contributed by atoms with van der Waals surface area (Å²) in [4.78, 5) is 28.1. The average molecular weight is 434 g/mol. The maximum Gasteiger partial charge on any atom is 0.254 e. The Morgan fingerprint density at radius 2 is 1.91 bits per heavy atom. The molecule has 5 aliphatic rings. The number of aromatic nitrogens is 1. The highest BCUT2D eigenvalue weighted by atomic mass is 16.5. The van der Waals surface area contributed by atoms with Crippen molar-refractivity contribution >= 4 is 17.5 Å². The van der Waals surface area contributed by atoms with Gasteiger partial charge in [0.2, 0.25) is 5.91 Å². The molecule has 168 valence electrons. The number of fused-ring (bicyclic) bond motifs is 1. The van der Waals surface area contributed by atoms with Gasteiger partial charge in [0.05, 0.1) is 6.54 Å². The van der Waals surface area contributed by atoms with Crippen LogP contribution in [-0.4, -0.2) is 28.4 Å². The Labute approximate surface area is 188 Å². The second-order valence-corrected chi connectivity index (χ2v) is 10.9. The number of hydrogen-bond donors (Lipinski definition) is 1. The van der Waals surface area contributed by atoms with Crippen molar-refractivity contribution in [1.82, 2.24) is 10.1 Å². The van der Waals surface area contributed by atoms with Crippen LogP contribution in [0.25, 0.3) is 0 Å². The van der Waals surface area contributed by atoms with Crippen LogP contribution in [0.15, 0.2) is 28.8 Å². The van der Waals surface area contributed by atoms with Crippen LogP contribution in [-0.2, 0) is 17.8 Å². The molecule has 0 spiro atoms. The van der Waals surface area contributed by atoms with Crippen LogP contribution >= 0.6 is 0 Å². The molecule has 0 atom stereocenters. The second kappa shape index (κ2) is 7.46. The number of hydrogen-bond acceptors (Lipinski definition) is 4. The molecule has 4 bridgehead atoms. The lowest BCUT2D eigenvalue weighted by molar-refractivity contribution is -0.124. The lowest BCUT2D eigenvalue weighted by Gasteiger charge is -2.56. The normalized spacial score (nSPS) is 30.5. The van der Waals surface area contributed by atoms with E-state index < -0.39 is 0 Å². The third-order valence-electron chi connectivity index (χ3n) is 8.33. The molecule has 0 saturated heterocycles. The fourth-order valence-corrected chi connectivity index (χ4v) is 7.57. The van der Waals surface area contributed by atoms with Gasteiger partial charge in [-0.15, -0.1) is 0 Å². The molecule has 1 aromatic carbocycles. The van der Waals surface area contributed by atoms with Gasteiger partial charge in [0.25, 0.3) is 5.91 Å². The number of amides is 2. The molecule has 2 aromatic rings. The number of nitrogens with one attached hydrogen (secondary N) is 1. The number of rotatable bonds is 5. The first kappa shape index (κ1) is 20.0. The van der Waals surface area contributed by atoms with Gasteiger partial charge < -0.3 is 14.7 Å². The predicted octanol–water partition coefficient (Wildman–Crippen LogP) is 4.73. The zero-order chi connectivity index (χ0) is 21.9. The molecule has 32 heavy (non-hydrogen) atoms. The van der Waals surface area contributed by atoms with Crippen LogP contribution < -0.4 is 5.32 Å². The van der Waals surface area contributed by atoms with Crippen LogP contribution in [0.5, 0.6) is 0 Å². The Morgan fingerprint density at radius 3 is 2.56 bits per heavy atom. The zero-order valence-corrected chi connectivity index (χ0v) is 18.7. The molecule has 4 fully saturated rings. The van der Waals surface area contributed by atoms with E-state index in [0.29, 0.717) is 25.1 Å². The molecule has 1 aromatic heterocycles. The van der Waals surface area contributed by atoms with Crippen LogP contribution in [0.3, 0.4) is 0 Å². The number of anilines is 1. The zero-order valence-electron chi connectivity index (χ0n) is 18.7. The standard InChI is InChI=1S/C26H31N3O3/c1-16-7-20(28-32-16)15-29-6-5-21-22(25(29)31)3-2-4-23(21)27-24(30)14-26-11-17-8-18(12-26)10-19(9-17)13-26/h2-4,7,17-19H,5-6,8-15H2,1H3,(H,27,30). The van der Waals surface area contributed by atoms with Crippen LogP contribution in [0.4, 0.5) is 5.69 Å². The second-order valence-electron chi connectivity index (χ2n) is 10.9. The van der Waals surface area contributed by atoms with Gasteiger partial charge in [-0.2, -0.15) is 0 Å². The van der Waals surface area contributed by atoms with E-state index in [-0.39, 0.29) is 17.2 Å². The van der Waals surface area contributed by atoms with E-state index in [2.05, 4.69) is 10.5 Å². The van der Waals surface area contributed by atoms with Crippen LogP contribution in [0.1, 0.15) is 72.3 Å².